The molecule has 2 saturated heterocycles. The Labute approximate surface area is 192 Å². The third-order valence-electron chi connectivity index (χ3n) is 7.00. The van der Waals surface area contributed by atoms with Gasteiger partial charge in [-0.15, -0.1) is 0 Å². The normalized spacial score (nSPS) is 25.8. The van der Waals surface area contributed by atoms with Crippen molar-refractivity contribution in [3.63, 3.8) is 0 Å². The van der Waals surface area contributed by atoms with Crippen molar-refractivity contribution in [2.24, 2.45) is 12.5 Å². The van der Waals surface area contributed by atoms with Crippen LogP contribution in [0.25, 0.3) is 22.5 Å². The first-order valence-corrected chi connectivity index (χ1v) is 10.9. The molecule has 0 bridgehead atoms. The van der Waals surface area contributed by atoms with Gasteiger partial charge in [-0.2, -0.15) is 0 Å². The van der Waals surface area contributed by atoms with E-state index >= 15 is 4.39 Å². The first-order chi connectivity index (χ1) is 16.2. The molecule has 4 amide bonds. The van der Waals surface area contributed by atoms with Crippen LogP contribution in [0.2, 0.25) is 0 Å². The van der Waals surface area contributed by atoms with E-state index in [0.717, 1.165) is 0 Å². The standard InChI is InChI=1S/C22H21FN6O5/c1-9-8-29-15-11(6-12-14(18-24-4-5-28(18)3)27-34-16(12)13(15)23)7-22(17(29)10(2)33-9)19(30)25-21(32)26-20(22)31/h4-6,9-10,17H,7-8H2,1-3H3,(H2,25,26,30,31,32)/t9-,10+,17-/m1/s1. The Hall–Kier alpha value is -3.80. The fraction of sp³-hybridized carbons (Fsp3) is 0.409. The van der Waals surface area contributed by atoms with Crippen molar-refractivity contribution >= 4 is 34.5 Å². The molecule has 5 heterocycles. The molecule has 11 nitrogen and oxygen atoms in total. The number of nitrogens with zero attached hydrogens (tertiary/aromatic N) is 4. The second kappa shape index (κ2) is 6.86. The SMILES string of the molecule is C[C@@H]1CN2c3c(cc4c(-c5nccn5C)noc4c3F)CC3(C(=O)NC(=O)NC3=O)[C@H]2[C@H](C)O1. The zero-order valence-corrected chi connectivity index (χ0v) is 18.6. The summed E-state index contributed by atoms with van der Waals surface area (Å²) in [6.07, 6.45) is 2.30. The summed E-state index contributed by atoms with van der Waals surface area (Å²) in [4.78, 5) is 44.4. The van der Waals surface area contributed by atoms with Gasteiger partial charge in [0.15, 0.2) is 22.8 Å². The summed E-state index contributed by atoms with van der Waals surface area (Å²) in [6.45, 7) is 3.81. The van der Waals surface area contributed by atoms with Gasteiger partial charge in [-0.1, -0.05) is 5.16 Å². The Morgan fingerprint density at radius 3 is 2.62 bits per heavy atom. The van der Waals surface area contributed by atoms with Crippen LogP contribution in [0.15, 0.2) is 23.0 Å². The first-order valence-electron chi connectivity index (χ1n) is 10.9. The maximum absolute atomic E-state index is 16.0. The number of carbonyl (C=O) groups is 3. The van der Waals surface area contributed by atoms with Crippen LogP contribution in [0, 0.1) is 11.2 Å². The number of amides is 4. The number of imide groups is 2. The Morgan fingerprint density at radius 2 is 1.94 bits per heavy atom. The Bertz CT molecular complexity index is 1380. The number of nitrogens with one attached hydrogen (secondary N) is 2. The lowest BCUT2D eigenvalue weighted by Gasteiger charge is -2.55. The molecule has 34 heavy (non-hydrogen) atoms. The highest BCUT2D eigenvalue weighted by molar-refractivity contribution is 6.20. The van der Waals surface area contributed by atoms with E-state index in [1.165, 1.54) is 0 Å². The quantitative estimate of drug-likeness (QED) is 0.511. The minimum absolute atomic E-state index is 0.0361. The summed E-state index contributed by atoms with van der Waals surface area (Å²) in [5.74, 6) is -1.62. The van der Waals surface area contributed by atoms with Crippen LogP contribution >= 0.6 is 0 Å². The van der Waals surface area contributed by atoms with E-state index in [2.05, 4.69) is 20.8 Å². The Morgan fingerprint density at radius 1 is 1.21 bits per heavy atom. The number of anilines is 1. The Balaban J connectivity index is 1.61. The van der Waals surface area contributed by atoms with Gasteiger partial charge in [0.25, 0.3) is 0 Å². The third-order valence-corrected chi connectivity index (χ3v) is 7.00. The molecule has 6 rings (SSSR count). The molecule has 2 N–H and O–H groups in total. The molecule has 3 aliphatic heterocycles. The molecule has 2 aromatic heterocycles. The monoisotopic (exact) mass is 468 g/mol. The molecule has 3 aliphatic rings. The number of carbonyl (C=O) groups excluding carboxylic acids is 3. The van der Waals surface area contributed by atoms with Crippen molar-refractivity contribution in [1.82, 2.24) is 25.3 Å². The number of benzene rings is 1. The van der Waals surface area contributed by atoms with Crippen molar-refractivity contribution < 1.29 is 28.0 Å². The molecule has 0 saturated carbocycles. The van der Waals surface area contributed by atoms with Crippen molar-refractivity contribution in [3.05, 3.63) is 29.8 Å². The van der Waals surface area contributed by atoms with E-state index in [0.29, 0.717) is 22.5 Å². The fourth-order valence-corrected chi connectivity index (χ4v) is 5.70. The number of imidazole rings is 1. The number of fused-ring (bicyclic) bond motifs is 5. The number of morpholine rings is 1. The number of aryl methyl sites for hydroxylation is 1. The molecule has 0 unspecified atom stereocenters. The Kier molecular flexibility index (Phi) is 4.19. The lowest BCUT2D eigenvalue weighted by Crippen LogP contribution is -2.75. The highest BCUT2D eigenvalue weighted by Gasteiger charge is 2.63. The predicted molar refractivity (Wildman–Crippen MR) is 115 cm³/mol. The van der Waals surface area contributed by atoms with Crippen molar-refractivity contribution in [1.29, 1.82) is 0 Å². The van der Waals surface area contributed by atoms with Crippen LogP contribution in [-0.4, -0.2) is 57.3 Å². The number of rotatable bonds is 1. The molecular weight excluding hydrogens is 447 g/mol. The van der Waals surface area contributed by atoms with Gasteiger partial charge in [-0.05, 0) is 25.5 Å². The molecule has 1 spiro atoms. The molecule has 3 atom stereocenters. The smallest absolute Gasteiger partial charge is 0.328 e. The summed E-state index contributed by atoms with van der Waals surface area (Å²) in [7, 11) is 1.78. The van der Waals surface area contributed by atoms with E-state index < -0.39 is 41.2 Å². The summed E-state index contributed by atoms with van der Waals surface area (Å²) in [5.41, 5.74) is -0.713. The average molecular weight is 468 g/mol. The molecule has 2 fully saturated rings. The van der Waals surface area contributed by atoms with Gasteiger partial charge in [0.2, 0.25) is 17.4 Å². The average Bonchev–Trinajstić information content (AvgIpc) is 3.37. The lowest BCUT2D eigenvalue weighted by molar-refractivity contribution is -0.153. The van der Waals surface area contributed by atoms with Crippen molar-refractivity contribution in [3.8, 4) is 11.5 Å². The van der Waals surface area contributed by atoms with Gasteiger partial charge in [0.05, 0.1) is 29.3 Å². The van der Waals surface area contributed by atoms with Gasteiger partial charge < -0.3 is 18.7 Å². The summed E-state index contributed by atoms with van der Waals surface area (Å²) in [6, 6.07) is -0.0322. The summed E-state index contributed by atoms with van der Waals surface area (Å²) < 4.78 is 29.1. The van der Waals surface area contributed by atoms with E-state index in [9.17, 15) is 14.4 Å². The summed E-state index contributed by atoms with van der Waals surface area (Å²) in [5, 5.41) is 8.89. The zero-order chi connectivity index (χ0) is 23.9. The number of hydrogen-bond donors (Lipinski definition) is 2. The number of hydrogen-bond acceptors (Lipinski definition) is 8. The number of ether oxygens (including phenoxy) is 1. The molecule has 0 aliphatic carbocycles. The highest BCUT2D eigenvalue weighted by Crippen LogP contribution is 2.49. The fourth-order valence-electron chi connectivity index (χ4n) is 5.70. The van der Waals surface area contributed by atoms with E-state index in [1.807, 2.05) is 6.92 Å². The largest absolute Gasteiger partial charge is 0.372 e. The van der Waals surface area contributed by atoms with E-state index in [1.54, 1.807) is 41.9 Å². The minimum atomic E-state index is -1.69. The number of barbiturate groups is 1. The molecule has 176 valence electrons. The summed E-state index contributed by atoms with van der Waals surface area (Å²) >= 11 is 0. The van der Waals surface area contributed by atoms with Gasteiger partial charge in [-0.25, -0.2) is 14.2 Å². The number of urea groups is 1. The van der Waals surface area contributed by atoms with Crippen molar-refractivity contribution in [2.45, 2.75) is 38.5 Å². The van der Waals surface area contributed by atoms with Gasteiger partial charge in [0, 0.05) is 32.4 Å². The molecule has 12 heteroatoms. The highest BCUT2D eigenvalue weighted by atomic mass is 19.1. The first kappa shape index (κ1) is 20.8. The van der Waals surface area contributed by atoms with Crippen LogP contribution in [0.1, 0.15) is 19.4 Å². The number of aromatic nitrogens is 3. The predicted octanol–water partition coefficient (Wildman–Crippen LogP) is 1.26. The zero-order valence-electron chi connectivity index (χ0n) is 18.6. The van der Waals surface area contributed by atoms with Crippen LogP contribution in [0.3, 0.4) is 0 Å². The maximum atomic E-state index is 16.0. The third kappa shape index (κ3) is 2.56. The molecular formula is C22H21FN6O5. The van der Waals surface area contributed by atoms with E-state index in [4.69, 9.17) is 9.26 Å². The van der Waals surface area contributed by atoms with Gasteiger partial charge >= 0.3 is 6.03 Å². The minimum Gasteiger partial charge on any atom is -0.372 e. The van der Waals surface area contributed by atoms with Crippen LogP contribution < -0.4 is 15.5 Å². The molecule has 1 aromatic carbocycles. The maximum Gasteiger partial charge on any atom is 0.328 e. The lowest BCUT2D eigenvalue weighted by atomic mass is 9.66. The number of halogens is 1. The van der Waals surface area contributed by atoms with Gasteiger partial charge in [-0.3, -0.25) is 20.2 Å². The van der Waals surface area contributed by atoms with Crippen LogP contribution in [0.4, 0.5) is 14.9 Å². The van der Waals surface area contributed by atoms with Crippen LogP contribution in [0.5, 0.6) is 0 Å². The second-order valence-corrected chi connectivity index (χ2v) is 9.10. The molecule has 3 aromatic rings. The van der Waals surface area contributed by atoms with Crippen LogP contribution in [-0.2, 0) is 27.8 Å². The van der Waals surface area contributed by atoms with E-state index in [-0.39, 0.29) is 30.3 Å². The van der Waals surface area contributed by atoms with Gasteiger partial charge in [0.1, 0.15) is 0 Å². The topological polar surface area (TPSA) is 132 Å². The van der Waals surface area contributed by atoms with Crippen molar-refractivity contribution in [2.75, 3.05) is 11.4 Å². The molecule has 0 radical (unpaired) electrons. The second-order valence-electron chi connectivity index (χ2n) is 9.10.